The second-order valence-corrected chi connectivity index (χ2v) is 3.68. The number of rotatable bonds is 9. The Balaban J connectivity index is 3.49. The normalized spacial score (nSPS) is 11.8. The molecule has 0 saturated carbocycles. The number of hydrogen-bond acceptors (Lipinski definition) is 4. The Morgan fingerprint density at radius 2 is 2.31 bits per heavy atom. The highest BCUT2D eigenvalue weighted by molar-refractivity contribution is 5.77. The number of carbonyl (C=O) groups excluding carboxylic acids is 1. The summed E-state index contributed by atoms with van der Waals surface area (Å²) in [5.41, 5.74) is 0. The minimum absolute atomic E-state index is 0.0888. The maximum Gasteiger partial charge on any atom is 0.233 e. The van der Waals surface area contributed by atoms with Crippen LogP contribution in [0.1, 0.15) is 26.2 Å². The number of nitrogens with one attached hydrogen (secondary N) is 2. The summed E-state index contributed by atoms with van der Waals surface area (Å²) in [6.45, 7) is 3.67. The van der Waals surface area contributed by atoms with Crippen LogP contribution in [0.3, 0.4) is 0 Å². The molecule has 0 aromatic rings. The summed E-state index contributed by atoms with van der Waals surface area (Å²) in [5, 5.41) is 22.7. The molecule has 5 nitrogen and oxygen atoms in total. The molecule has 0 radical (unpaired) electrons. The van der Waals surface area contributed by atoms with Gasteiger partial charge < -0.3 is 15.7 Å². The van der Waals surface area contributed by atoms with Gasteiger partial charge in [-0.1, -0.05) is 13.3 Å². The van der Waals surface area contributed by atoms with Crippen molar-refractivity contribution < 1.29 is 9.90 Å². The van der Waals surface area contributed by atoms with Gasteiger partial charge in [0.1, 0.15) is 0 Å². The van der Waals surface area contributed by atoms with Crippen LogP contribution in [0.4, 0.5) is 0 Å². The fourth-order valence-corrected chi connectivity index (χ4v) is 1.34. The van der Waals surface area contributed by atoms with Crippen LogP contribution in [0.25, 0.3) is 0 Å². The second kappa shape index (κ2) is 10.4. The average Bonchev–Trinajstić information content (AvgIpc) is 2.28. The third-order valence-electron chi connectivity index (χ3n) is 2.39. The van der Waals surface area contributed by atoms with Crippen LogP contribution in [0.2, 0.25) is 0 Å². The highest BCUT2D eigenvalue weighted by atomic mass is 16.3. The molecule has 0 rings (SSSR count). The number of nitriles is 1. The van der Waals surface area contributed by atoms with Crippen molar-refractivity contribution in [3.8, 4) is 6.07 Å². The Morgan fingerprint density at radius 3 is 2.88 bits per heavy atom. The molecule has 0 bridgehead atoms. The van der Waals surface area contributed by atoms with Gasteiger partial charge in [0, 0.05) is 13.2 Å². The fourth-order valence-electron chi connectivity index (χ4n) is 1.34. The minimum Gasteiger partial charge on any atom is -0.396 e. The van der Waals surface area contributed by atoms with Gasteiger partial charge in [-0.2, -0.15) is 5.26 Å². The molecule has 92 valence electrons. The Hall–Kier alpha value is -1.12. The third-order valence-corrected chi connectivity index (χ3v) is 2.39. The number of aliphatic hydroxyl groups is 1. The van der Waals surface area contributed by atoms with Crippen LogP contribution >= 0.6 is 0 Å². The van der Waals surface area contributed by atoms with E-state index in [0.717, 1.165) is 19.4 Å². The standard InChI is InChI=1S/C11H21N3O2/c1-2-10(4-7-15)8-13-9-11(16)14-6-3-5-12/h10,13,15H,2-4,6-9H2,1H3,(H,14,16). The lowest BCUT2D eigenvalue weighted by Gasteiger charge is -2.13. The van der Waals surface area contributed by atoms with Gasteiger partial charge in [0.25, 0.3) is 0 Å². The second-order valence-electron chi connectivity index (χ2n) is 3.68. The van der Waals surface area contributed by atoms with Crippen molar-refractivity contribution in [3.63, 3.8) is 0 Å². The van der Waals surface area contributed by atoms with Crippen LogP contribution in [-0.4, -0.2) is 37.3 Å². The van der Waals surface area contributed by atoms with E-state index in [2.05, 4.69) is 17.6 Å². The fraction of sp³-hybridized carbons (Fsp3) is 0.818. The van der Waals surface area contributed by atoms with Crippen molar-refractivity contribution in [1.82, 2.24) is 10.6 Å². The van der Waals surface area contributed by atoms with Crippen molar-refractivity contribution in [2.24, 2.45) is 5.92 Å². The third kappa shape index (κ3) is 8.21. The Labute approximate surface area is 96.8 Å². The highest BCUT2D eigenvalue weighted by Gasteiger charge is 2.06. The molecule has 1 atom stereocenters. The Bertz CT molecular complexity index is 226. The molecule has 3 N–H and O–H groups in total. The van der Waals surface area contributed by atoms with E-state index >= 15 is 0 Å². The molecule has 0 saturated heterocycles. The molecule has 0 aliphatic carbocycles. The SMILES string of the molecule is CCC(CCO)CNCC(=O)NCCC#N. The van der Waals surface area contributed by atoms with Gasteiger partial charge in [0.2, 0.25) is 5.91 Å². The number of aliphatic hydroxyl groups excluding tert-OH is 1. The Kier molecular flexibility index (Phi) is 9.67. The largest absolute Gasteiger partial charge is 0.396 e. The molecule has 0 aliphatic rings. The molecule has 0 aliphatic heterocycles. The zero-order chi connectivity index (χ0) is 12.2. The van der Waals surface area contributed by atoms with Crippen molar-refractivity contribution >= 4 is 5.91 Å². The first kappa shape index (κ1) is 14.9. The zero-order valence-corrected chi connectivity index (χ0v) is 9.83. The van der Waals surface area contributed by atoms with Crippen LogP contribution in [0, 0.1) is 17.2 Å². The van der Waals surface area contributed by atoms with E-state index < -0.39 is 0 Å². The maximum atomic E-state index is 11.2. The van der Waals surface area contributed by atoms with Crippen molar-refractivity contribution in [1.29, 1.82) is 5.26 Å². The van der Waals surface area contributed by atoms with Gasteiger partial charge in [-0.25, -0.2) is 0 Å². The molecule has 0 heterocycles. The number of nitrogens with zero attached hydrogens (tertiary/aromatic N) is 1. The van der Waals surface area contributed by atoms with Gasteiger partial charge in [-0.15, -0.1) is 0 Å². The van der Waals surface area contributed by atoms with Crippen LogP contribution in [-0.2, 0) is 4.79 Å². The van der Waals surface area contributed by atoms with Gasteiger partial charge in [0.05, 0.1) is 19.0 Å². The van der Waals surface area contributed by atoms with Crippen molar-refractivity contribution in [3.05, 3.63) is 0 Å². The smallest absolute Gasteiger partial charge is 0.233 e. The predicted octanol–water partition coefficient (Wildman–Crippen LogP) is 0.0145. The summed E-state index contributed by atoms with van der Waals surface area (Å²) < 4.78 is 0. The lowest BCUT2D eigenvalue weighted by molar-refractivity contribution is -0.120. The van der Waals surface area contributed by atoms with Gasteiger partial charge in [-0.3, -0.25) is 4.79 Å². The zero-order valence-electron chi connectivity index (χ0n) is 9.83. The Morgan fingerprint density at radius 1 is 1.56 bits per heavy atom. The molecule has 16 heavy (non-hydrogen) atoms. The van der Waals surface area contributed by atoms with E-state index in [-0.39, 0.29) is 19.1 Å². The summed E-state index contributed by atoms with van der Waals surface area (Å²) in [5.74, 6) is 0.325. The topological polar surface area (TPSA) is 85.2 Å². The molecule has 0 spiro atoms. The first-order valence-electron chi connectivity index (χ1n) is 5.69. The minimum atomic E-state index is -0.0888. The maximum absolute atomic E-state index is 11.2. The highest BCUT2D eigenvalue weighted by Crippen LogP contribution is 2.04. The molecule has 5 heteroatoms. The first-order valence-corrected chi connectivity index (χ1v) is 5.69. The van der Waals surface area contributed by atoms with Crippen LogP contribution in [0.5, 0.6) is 0 Å². The van der Waals surface area contributed by atoms with E-state index in [1.165, 1.54) is 0 Å². The molecular weight excluding hydrogens is 206 g/mol. The molecule has 0 aromatic heterocycles. The monoisotopic (exact) mass is 227 g/mol. The summed E-state index contributed by atoms with van der Waals surface area (Å²) in [6.07, 6.45) is 2.09. The number of amides is 1. The summed E-state index contributed by atoms with van der Waals surface area (Å²) in [4.78, 5) is 11.2. The van der Waals surface area contributed by atoms with Crippen LogP contribution in [0.15, 0.2) is 0 Å². The van der Waals surface area contributed by atoms with Crippen molar-refractivity contribution in [2.45, 2.75) is 26.2 Å². The van der Waals surface area contributed by atoms with E-state index in [0.29, 0.717) is 18.9 Å². The lowest BCUT2D eigenvalue weighted by Crippen LogP contribution is -2.36. The van der Waals surface area contributed by atoms with Crippen LogP contribution < -0.4 is 10.6 Å². The van der Waals surface area contributed by atoms with Gasteiger partial charge in [-0.05, 0) is 18.9 Å². The summed E-state index contributed by atoms with van der Waals surface area (Å²) >= 11 is 0. The summed E-state index contributed by atoms with van der Waals surface area (Å²) in [6, 6.07) is 1.96. The van der Waals surface area contributed by atoms with E-state index in [1.807, 2.05) is 6.07 Å². The number of carbonyl (C=O) groups is 1. The first-order chi connectivity index (χ1) is 7.74. The van der Waals surface area contributed by atoms with Crippen molar-refractivity contribution in [2.75, 3.05) is 26.2 Å². The van der Waals surface area contributed by atoms with E-state index in [9.17, 15) is 4.79 Å². The van der Waals surface area contributed by atoms with E-state index in [1.54, 1.807) is 0 Å². The predicted molar refractivity (Wildman–Crippen MR) is 61.6 cm³/mol. The summed E-state index contributed by atoms with van der Waals surface area (Å²) in [7, 11) is 0. The average molecular weight is 227 g/mol. The molecular formula is C11H21N3O2. The van der Waals surface area contributed by atoms with Gasteiger partial charge in [0.15, 0.2) is 0 Å². The molecule has 1 unspecified atom stereocenters. The molecule has 0 fully saturated rings. The van der Waals surface area contributed by atoms with E-state index in [4.69, 9.17) is 10.4 Å². The number of hydrogen-bond donors (Lipinski definition) is 3. The lowest BCUT2D eigenvalue weighted by atomic mass is 10.0. The quantitative estimate of drug-likeness (QED) is 0.485. The molecule has 0 aromatic carbocycles. The molecule has 1 amide bonds. The van der Waals surface area contributed by atoms with Gasteiger partial charge >= 0.3 is 0 Å².